The molecule has 0 aromatic heterocycles. The van der Waals surface area contributed by atoms with Crippen LogP contribution >= 0.6 is 0 Å². The van der Waals surface area contributed by atoms with Crippen molar-refractivity contribution in [3.05, 3.63) is 35.4 Å². The van der Waals surface area contributed by atoms with Crippen LogP contribution < -0.4 is 5.73 Å². The Morgan fingerprint density at radius 2 is 2.06 bits per heavy atom. The molecule has 2 nitrogen and oxygen atoms in total. The van der Waals surface area contributed by atoms with E-state index in [9.17, 15) is 8.78 Å². The number of halogens is 2. The lowest BCUT2D eigenvalue weighted by molar-refractivity contribution is 0.0626. The summed E-state index contributed by atoms with van der Waals surface area (Å²) in [4.78, 5) is 0. The second kappa shape index (κ2) is 5.10. The molecule has 0 heterocycles. The van der Waals surface area contributed by atoms with Gasteiger partial charge in [-0.05, 0) is 42.9 Å². The SMILES string of the molecule is COC(C(N)Cc1ccc(F)c(F)c1)C1CC1. The Hall–Kier alpha value is -1.00. The second-order valence-electron chi connectivity index (χ2n) is 4.65. The molecule has 94 valence electrons. The van der Waals surface area contributed by atoms with Crippen LogP contribution in [0.3, 0.4) is 0 Å². The molecule has 1 aromatic carbocycles. The smallest absolute Gasteiger partial charge is 0.159 e. The number of hydrogen-bond donors (Lipinski definition) is 1. The van der Waals surface area contributed by atoms with Crippen molar-refractivity contribution in [3.8, 4) is 0 Å². The van der Waals surface area contributed by atoms with Crippen LogP contribution in [0.25, 0.3) is 0 Å². The van der Waals surface area contributed by atoms with E-state index in [-0.39, 0.29) is 12.1 Å². The maximum atomic E-state index is 13.0. The molecule has 0 aliphatic heterocycles. The van der Waals surface area contributed by atoms with Crippen LogP contribution in [0.4, 0.5) is 8.78 Å². The van der Waals surface area contributed by atoms with E-state index < -0.39 is 11.6 Å². The molecule has 4 heteroatoms. The van der Waals surface area contributed by atoms with Gasteiger partial charge in [0, 0.05) is 13.2 Å². The van der Waals surface area contributed by atoms with Crippen molar-refractivity contribution in [1.82, 2.24) is 0 Å². The van der Waals surface area contributed by atoms with Gasteiger partial charge in [-0.2, -0.15) is 0 Å². The molecule has 2 unspecified atom stereocenters. The lowest BCUT2D eigenvalue weighted by Crippen LogP contribution is -2.39. The van der Waals surface area contributed by atoms with Gasteiger partial charge in [-0.15, -0.1) is 0 Å². The Balaban J connectivity index is 2.01. The summed E-state index contributed by atoms with van der Waals surface area (Å²) in [5.41, 5.74) is 6.76. The molecule has 1 saturated carbocycles. The van der Waals surface area contributed by atoms with E-state index in [2.05, 4.69) is 0 Å². The van der Waals surface area contributed by atoms with Gasteiger partial charge in [0.15, 0.2) is 11.6 Å². The van der Waals surface area contributed by atoms with Gasteiger partial charge < -0.3 is 10.5 Å². The fourth-order valence-corrected chi connectivity index (χ4v) is 2.20. The Kier molecular flexibility index (Phi) is 3.74. The first-order valence-corrected chi connectivity index (χ1v) is 5.84. The average molecular weight is 241 g/mol. The van der Waals surface area contributed by atoms with Crippen molar-refractivity contribution < 1.29 is 13.5 Å². The van der Waals surface area contributed by atoms with Gasteiger partial charge in [0.1, 0.15) is 0 Å². The highest BCUT2D eigenvalue weighted by molar-refractivity contribution is 5.19. The second-order valence-corrected chi connectivity index (χ2v) is 4.65. The van der Waals surface area contributed by atoms with Gasteiger partial charge in [-0.25, -0.2) is 8.78 Å². The van der Waals surface area contributed by atoms with E-state index >= 15 is 0 Å². The molecule has 0 saturated heterocycles. The Morgan fingerprint density at radius 1 is 1.35 bits per heavy atom. The van der Waals surface area contributed by atoms with E-state index in [0.29, 0.717) is 17.9 Å². The minimum absolute atomic E-state index is 0.0168. The monoisotopic (exact) mass is 241 g/mol. The van der Waals surface area contributed by atoms with Crippen molar-refractivity contribution in [2.75, 3.05) is 7.11 Å². The largest absolute Gasteiger partial charge is 0.380 e. The summed E-state index contributed by atoms with van der Waals surface area (Å²) < 4.78 is 31.2. The number of ether oxygens (including phenoxy) is 1. The fourth-order valence-electron chi connectivity index (χ4n) is 2.20. The van der Waals surface area contributed by atoms with Crippen LogP contribution in [0.1, 0.15) is 18.4 Å². The first-order valence-electron chi connectivity index (χ1n) is 5.84. The quantitative estimate of drug-likeness (QED) is 0.858. The maximum absolute atomic E-state index is 13.0. The first kappa shape index (κ1) is 12.5. The van der Waals surface area contributed by atoms with Gasteiger partial charge in [-0.1, -0.05) is 6.07 Å². The van der Waals surface area contributed by atoms with Gasteiger partial charge in [0.2, 0.25) is 0 Å². The maximum Gasteiger partial charge on any atom is 0.159 e. The Labute approximate surface area is 99.8 Å². The van der Waals surface area contributed by atoms with E-state index in [1.54, 1.807) is 13.2 Å². The van der Waals surface area contributed by atoms with Crippen LogP contribution in [0.5, 0.6) is 0 Å². The molecule has 0 bridgehead atoms. The van der Waals surface area contributed by atoms with Crippen LogP contribution in [-0.4, -0.2) is 19.3 Å². The molecule has 2 rings (SSSR count). The third kappa shape index (κ3) is 3.01. The molecule has 2 atom stereocenters. The zero-order valence-corrected chi connectivity index (χ0v) is 9.83. The molecule has 1 aliphatic rings. The number of rotatable bonds is 5. The highest BCUT2D eigenvalue weighted by Crippen LogP contribution is 2.35. The minimum atomic E-state index is -0.826. The Bertz CT molecular complexity index is 393. The third-order valence-corrected chi connectivity index (χ3v) is 3.24. The molecular formula is C13H17F2NO. The number of hydrogen-bond acceptors (Lipinski definition) is 2. The summed E-state index contributed by atoms with van der Waals surface area (Å²) >= 11 is 0. The number of methoxy groups -OCH3 is 1. The summed E-state index contributed by atoms with van der Waals surface area (Å²) in [6.07, 6.45) is 2.81. The molecule has 1 fully saturated rings. The van der Waals surface area contributed by atoms with Crippen molar-refractivity contribution >= 4 is 0 Å². The lowest BCUT2D eigenvalue weighted by Gasteiger charge is -2.22. The van der Waals surface area contributed by atoms with Crippen molar-refractivity contribution in [1.29, 1.82) is 0 Å². The van der Waals surface area contributed by atoms with Crippen LogP contribution in [0.2, 0.25) is 0 Å². The fraction of sp³-hybridized carbons (Fsp3) is 0.538. The third-order valence-electron chi connectivity index (χ3n) is 3.24. The minimum Gasteiger partial charge on any atom is -0.380 e. The highest BCUT2D eigenvalue weighted by atomic mass is 19.2. The molecule has 2 N–H and O–H groups in total. The molecular weight excluding hydrogens is 224 g/mol. The first-order chi connectivity index (χ1) is 8.11. The zero-order chi connectivity index (χ0) is 12.4. The van der Waals surface area contributed by atoms with E-state index in [4.69, 9.17) is 10.5 Å². The van der Waals surface area contributed by atoms with E-state index in [1.807, 2.05) is 0 Å². The predicted octanol–water partition coefficient (Wildman–Crippen LogP) is 2.26. The molecule has 1 aromatic rings. The summed E-state index contributed by atoms with van der Waals surface area (Å²) in [7, 11) is 1.65. The van der Waals surface area contributed by atoms with Crippen LogP contribution in [0.15, 0.2) is 18.2 Å². The number of benzene rings is 1. The molecule has 0 radical (unpaired) electrons. The van der Waals surface area contributed by atoms with Crippen molar-refractivity contribution in [2.45, 2.75) is 31.4 Å². The van der Waals surface area contributed by atoms with Gasteiger partial charge in [0.05, 0.1) is 6.10 Å². The van der Waals surface area contributed by atoms with Gasteiger partial charge in [0.25, 0.3) is 0 Å². The lowest BCUT2D eigenvalue weighted by atomic mass is 9.99. The van der Waals surface area contributed by atoms with Gasteiger partial charge in [-0.3, -0.25) is 0 Å². The van der Waals surface area contributed by atoms with E-state index in [1.165, 1.54) is 6.07 Å². The zero-order valence-electron chi connectivity index (χ0n) is 9.83. The Morgan fingerprint density at radius 3 is 2.59 bits per heavy atom. The number of nitrogens with two attached hydrogens (primary N) is 1. The van der Waals surface area contributed by atoms with Gasteiger partial charge >= 0.3 is 0 Å². The summed E-state index contributed by atoms with van der Waals surface area (Å²) in [5.74, 6) is -1.12. The highest BCUT2D eigenvalue weighted by Gasteiger charge is 2.35. The topological polar surface area (TPSA) is 35.2 Å². The summed E-state index contributed by atoms with van der Waals surface area (Å²) in [6.45, 7) is 0. The van der Waals surface area contributed by atoms with E-state index in [0.717, 1.165) is 18.9 Å². The molecule has 0 amide bonds. The van der Waals surface area contributed by atoms with Crippen LogP contribution in [-0.2, 0) is 11.2 Å². The van der Waals surface area contributed by atoms with Crippen LogP contribution in [0, 0.1) is 17.6 Å². The van der Waals surface area contributed by atoms with Crippen molar-refractivity contribution in [2.24, 2.45) is 11.7 Å². The summed E-state index contributed by atoms with van der Waals surface area (Å²) in [6, 6.07) is 3.74. The molecule has 17 heavy (non-hydrogen) atoms. The predicted molar refractivity (Wildman–Crippen MR) is 61.6 cm³/mol. The molecule has 1 aliphatic carbocycles. The average Bonchev–Trinajstić information content (AvgIpc) is 3.09. The molecule has 0 spiro atoms. The normalized spacial score (nSPS) is 19.1. The van der Waals surface area contributed by atoms with Crippen molar-refractivity contribution in [3.63, 3.8) is 0 Å². The standard InChI is InChI=1S/C13H17F2NO/c1-17-13(9-3-4-9)12(16)7-8-2-5-10(14)11(15)6-8/h2,5-6,9,12-13H,3-4,7,16H2,1H3. The summed E-state index contributed by atoms with van der Waals surface area (Å²) in [5, 5.41) is 0.